The molecule has 9 heteroatoms. The number of unbranched alkanes of at least 4 members (excludes halogenated alkanes) is 1. The summed E-state index contributed by atoms with van der Waals surface area (Å²) in [5.74, 6) is 1.02. The molecular formula is C14H30N4O3SSi. The van der Waals surface area contributed by atoms with E-state index in [-0.39, 0.29) is 0 Å². The van der Waals surface area contributed by atoms with Crippen LogP contribution in [0.3, 0.4) is 0 Å². The third-order valence-electron chi connectivity index (χ3n) is 3.05. The van der Waals surface area contributed by atoms with Crippen molar-refractivity contribution in [2.45, 2.75) is 64.7 Å². The van der Waals surface area contributed by atoms with Gasteiger partial charge in [-0.2, -0.15) is 4.80 Å². The minimum absolute atomic E-state index is 0.620. The van der Waals surface area contributed by atoms with E-state index in [0.717, 1.165) is 42.8 Å². The first-order valence-electron chi connectivity index (χ1n) is 8.52. The summed E-state index contributed by atoms with van der Waals surface area (Å²) in [6, 6.07) is 0.828. The molecule has 0 aromatic carbocycles. The molecule has 0 aliphatic carbocycles. The van der Waals surface area contributed by atoms with Crippen LogP contribution in [0, 0.1) is 0 Å². The predicted molar refractivity (Wildman–Crippen MR) is 93.5 cm³/mol. The standard InChI is InChI=1S/C14H30N4O3SSi/c1-5-12-22-14-15-17-18(16-14)11-9-10-13-23(19-6-2,20-7-3)21-8-4/h5-13H2,1-4H3. The van der Waals surface area contributed by atoms with Crippen molar-refractivity contribution in [1.82, 2.24) is 20.2 Å². The molecule has 1 aromatic heterocycles. The smallest absolute Gasteiger partial charge is 0.374 e. The Hall–Kier alpha value is -0.483. The third-order valence-corrected chi connectivity index (χ3v) is 7.24. The van der Waals surface area contributed by atoms with Crippen LogP contribution in [-0.2, 0) is 19.8 Å². The van der Waals surface area contributed by atoms with Crippen molar-refractivity contribution in [3.63, 3.8) is 0 Å². The van der Waals surface area contributed by atoms with Crippen molar-refractivity contribution in [3.05, 3.63) is 0 Å². The van der Waals surface area contributed by atoms with Gasteiger partial charge in [0.25, 0.3) is 0 Å². The molecule has 23 heavy (non-hydrogen) atoms. The summed E-state index contributed by atoms with van der Waals surface area (Å²) in [4.78, 5) is 1.67. The lowest BCUT2D eigenvalue weighted by molar-refractivity contribution is 0.0705. The summed E-state index contributed by atoms with van der Waals surface area (Å²) >= 11 is 1.65. The van der Waals surface area contributed by atoms with E-state index < -0.39 is 8.80 Å². The molecule has 0 N–H and O–H groups in total. The van der Waals surface area contributed by atoms with Crippen LogP contribution in [0.1, 0.15) is 47.0 Å². The largest absolute Gasteiger partial charge is 0.500 e. The summed E-state index contributed by atoms with van der Waals surface area (Å²) < 4.78 is 17.6. The second-order valence-corrected chi connectivity index (χ2v) is 8.75. The Kier molecular flexibility index (Phi) is 10.7. The van der Waals surface area contributed by atoms with E-state index in [0.29, 0.717) is 19.8 Å². The molecule has 7 nitrogen and oxygen atoms in total. The first kappa shape index (κ1) is 20.6. The van der Waals surface area contributed by atoms with Gasteiger partial charge in [0.05, 0.1) is 6.54 Å². The van der Waals surface area contributed by atoms with E-state index >= 15 is 0 Å². The van der Waals surface area contributed by atoms with Gasteiger partial charge < -0.3 is 13.3 Å². The van der Waals surface area contributed by atoms with Gasteiger partial charge in [0.2, 0.25) is 5.16 Å². The van der Waals surface area contributed by atoms with Gasteiger partial charge in [-0.1, -0.05) is 18.7 Å². The summed E-state index contributed by atoms with van der Waals surface area (Å²) in [5.41, 5.74) is 0. The molecule has 0 bridgehead atoms. The zero-order valence-electron chi connectivity index (χ0n) is 14.8. The number of thioether (sulfide) groups is 1. The number of nitrogens with zero attached hydrogens (tertiary/aromatic N) is 4. The predicted octanol–water partition coefficient (Wildman–Crippen LogP) is 3.00. The molecule has 1 rings (SSSR count). The normalized spacial score (nSPS) is 12.0. The number of aryl methyl sites for hydroxylation is 1. The molecule has 0 saturated heterocycles. The summed E-state index contributed by atoms with van der Waals surface area (Å²) in [5, 5.41) is 13.3. The van der Waals surface area contributed by atoms with Crippen LogP contribution in [-0.4, -0.2) is 54.6 Å². The molecule has 1 aromatic rings. The van der Waals surface area contributed by atoms with E-state index in [1.807, 2.05) is 20.8 Å². The highest BCUT2D eigenvalue weighted by molar-refractivity contribution is 7.99. The summed E-state index contributed by atoms with van der Waals surface area (Å²) in [7, 11) is -2.52. The zero-order chi connectivity index (χ0) is 17.0. The van der Waals surface area contributed by atoms with Crippen molar-refractivity contribution in [3.8, 4) is 0 Å². The van der Waals surface area contributed by atoms with E-state index in [4.69, 9.17) is 13.3 Å². The number of rotatable bonds is 14. The maximum Gasteiger partial charge on any atom is 0.500 e. The maximum absolute atomic E-state index is 5.85. The van der Waals surface area contributed by atoms with Gasteiger partial charge in [0.15, 0.2) is 0 Å². The summed E-state index contributed by atoms with van der Waals surface area (Å²) in [6.45, 7) is 10.7. The number of hydrogen-bond acceptors (Lipinski definition) is 7. The number of tetrazole rings is 1. The molecule has 0 spiro atoms. The Morgan fingerprint density at radius 3 is 2.22 bits per heavy atom. The van der Waals surface area contributed by atoms with Crippen molar-refractivity contribution in [2.24, 2.45) is 0 Å². The Balaban J connectivity index is 2.38. The highest BCUT2D eigenvalue weighted by Gasteiger charge is 2.39. The monoisotopic (exact) mass is 362 g/mol. The molecule has 0 unspecified atom stereocenters. The van der Waals surface area contributed by atoms with Gasteiger partial charge >= 0.3 is 8.80 Å². The summed E-state index contributed by atoms with van der Waals surface area (Å²) in [6.07, 6.45) is 3.03. The van der Waals surface area contributed by atoms with Gasteiger partial charge in [-0.3, -0.25) is 0 Å². The van der Waals surface area contributed by atoms with Crippen molar-refractivity contribution in [1.29, 1.82) is 0 Å². The van der Waals surface area contributed by atoms with Crippen LogP contribution >= 0.6 is 11.8 Å². The van der Waals surface area contributed by atoms with E-state index in [1.165, 1.54) is 0 Å². The lowest BCUT2D eigenvalue weighted by Gasteiger charge is -2.28. The average molecular weight is 363 g/mol. The van der Waals surface area contributed by atoms with Gasteiger partial charge in [-0.25, -0.2) is 0 Å². The highest BCUT2D eigenvalue weighted by atomic mass is 32.2. The Morgan fingerprint density at radius 1 is 1.00 bits per heavy atom. The maximum atomic E-state index is 5.85. The molecule has 134 valence electrons. The van der Waals surface area contributed by atoms with E-state index in [9.17, 15) is 0 Å². The molecule has 0 atom stereocenters. The van der Waals surface area contributed by atoms with E-state index in [1.54, 1.807) is 16.6 Å². The lowest BCUT2D eigenvalue weighted by Crippen LogP contribution is -2.45. The number of aromatic nitrogens is 4. The van der Waals surface area contributed by atoms with Crippen LogP contribution in [0.5, 0.6) is 0 Å². The van der Waals surface area contributed by atoms with Gasteiger partial charge in [-0.15, -0.1) is 10.2 Å². The second kappa shape index (κ2) is 12.0. The van der Waals surface area contributed by atoms with Crippen molar-refractivity contribution in [2.75, 3.05) is 25.6 Å². The first-order chi connectivity index (χ1) is 11.2. The topological polar surface area (TPSA) is 71.3 Å². The van der Waals surface area contributed by atoms with Crippen molar-refractivity contribution < 1.29 is 13.3 Å². The minimum Gasteiger partial charge on any atom is -0.374 e. The SMILES string of the molecule is CCCSc1nnn(CCCC[Si](OCC)(OCC)OCC)n1. The average Bonchev–Trinajstić information content (AvgIpc) is 2.98. The second-order valence-electron chi connectivity index (χ2n) is 4.96. The van der Waals surface area contributed by atoms with Gasteiger partial charge in [-0.05, 0) is 45.2 Å². The first-order valence-corrected chi connectivity index (χ1v) is 11.4. The highest BCUT2D eigenvalue weighted by Crippen LogP contribution is 2.19. The molecule has 0 saturated carbocycles. The minimum atomic E-state index is -2.52. The quantitative estimate of drug-likeness (QED) is 0.286. The number of hydrogen-bond donors (Lipinski definition) is 0. The molecule has 0 amide bonds. The molecule has 0 aliphatic rings. The Morgan fingerprint density at radius 2 is 1.65 bits per heavy atom. The van der Waals surface area contributed by atoms with Gasteiger partial charge in [0, 0.05) is 31.6 Å². The van der Waals surface area contributed by atoms with Crippen molar-refractivity contribution >= 4 is 20.6 Å². The van der Waals surface area contributed by atoms with Crippen LogP contribution in [0.4, 0.5) is 0 Å². The third kappa shape index (κ3) is 7.75. The van der Waals surface area contributed by atoms with E-state index in [2.05, 4.69) is 22.3 Å². The Bertz CT molecular complexity index is 405. The molecule has 0 radical (unpaired) electrons. The van der Waals surface area contributed by atoms with Crippen LogP contribution in [0.15, 0.2) is 5.16 Å². The Labute approximate surface area is 144 Å². The van der Waals surface area contributed by atoms with Crippen LogP contribution < -0.4 is 0 Å². The lowest BCUT2D eigenvalue weighted by atomic mass is 10.3. The fourth-order valence-corrected chi connectivity index (χ4v) is 5.49. The molecule has 0 aliphatic heterocycles. The molecule has 1 heterocycles. The fourth-order valence-electron chi connectivity index (χ4n) is 2.17. The van der Waals surface area contributed by atoms with Crippen LogP contribution in [0.2, 0.25) is 6.04 Å². The van der Waals surface area contributed by atoms with Crippen LogP contribution in [0.25, 0.3) is 0 Å². The fraction of sp³-hybridized carbons (Fsp3) is 0.929. The molecule has 0 fully saturated rings. The molecular weight excluding hydrogens is 332 g/mol. The zero-order valence-corrected chi connectivity index (χ0v) is 16.6. The van der Waals surface area contributed by atoms with Gasteiger partial charge in [0.1, 0.15) is 0 Å².